The third kappa shape index (κ3) is 7.31. The summed E-state index contributed by atoms with van der Waals surface area (Å²) < 4.78 is 76.2. The minimum absolute atomic E-state index is 0.127. The lowest BCUT2D eigenvalue weighted by molar-refractivity contribution is -0.138. The molecule has 0 fully saturated rings. The van der Waals surface area contributed by atoms with Gasteiger partial charge in [0.25, 0.3) is 10.2 Å². The summed E-state index contributed by atoms with van der Waals surface area (Å²) in [5.41, 5.74) is 0.845. The Bertz CT molecular complexity index is 1320. The number of oxazole rings is 1. The van der Waals surface area contributed by atoms with Crippen molar-refractivity contribution < 1.29 is 40.6 Å². The first-order valence-electron chi connectivity index (χ1n) is 11.0. The lowest BCUT2D eigenvalue weighted by atomic mass is 10.1. The number of aromatic nitrogens is 1. The van der Waals surface area contributed by atoms with Gasteiger partial charge >= 0.3 is 12.1 Å². The number of carboxylic acid groups (broad SMARTS) is 1. The molecule has 1 N–H and O–H groups in total. The number of carbonyl (C=O) groups is 1. The number of nitrogens with zero attached hydrogens (tertiary/aromatic N) is 3. The number of alkyl halides is 3. The Morgan fingerprint density at radius 3 is 2.24 bits per heavy atom. The zero-order valence-electron chi connectivity index (χ0n) is 20.3. The first-order valence-corrected chi connectivity index (χ1v) is 12.4. The number of ether oxygens (including phenoxy) is 1. The van der Waals surface area contributed by atoms with Crippen LogP contribution >= 0.6 is 0 Å². The van der Waals surface area contributed by atoms with Crippen LogP contribution in [0.15, 0.2) is 52.9 Å². The van der Waals surface area contributed by atoms with Crippen LogP contribution in [-0.4, -0.2) is 60.3 Å². The van der Waals surface area contributed by atoms with Gasteiger partial charge in [-0.05, 0) is 48.9 Å². The predicted octanol–water partition coefficient (Wildman–Crippen LogP) is 3.98. The molecule has 0 atom stereocenters. The number of hydrogen-bond acceptors (Lipinski definition) is 6. The molecule has 0 saturated carbocycles. The number of aliphatic carboxylic acids is 1. The van der Waals surface area contributed by atoms with E-state index in [1.807, 2.05) is 0 Å². The quantitative estimate of drug-likeness (QED) is 0.391. The van der Waals surface area contributed by atoms with Crippen LogP contribution in [0.4, 0.5) is 13.2 Å². The van der Waals surface area contributed by atoms with Crippen molar-refractivity contribution in [3.63, 3.8) is 0 Å². The van der Waals surface area contributed by atoms with Crippen molar-refractivity contribution in [2.45, 2.75) is 26.1 Å². The van der Waals surface area contributed by atoms with Gasteiger partial charge in [-0.25, -0.2) is 4.98 Å². The van der Waals surface area contributed by atoms with Crippen molar-refractivity contribution >= 4 is 16.2 Å². The summed E-state index contributed by atoms with van der Waals surface area (Å²) >= 11 is 0. The Hall–Kier alpha value is -3.42. The Kier molecular flexibility index (Phi) is 8.61. The average Bonchev–Trinajstić information content (AvgIpc) is 3.19. The molecule has 0 aliphatic heterocycles. The van der Waals surface area contributed by atoms with Crippen LogP contribution in [0.25, 0.3) is 11.5 Å². The van der Waals surface area contributed by atoms with Crippen molar-refractivity contribution in [3.8, 4) is 17.2 Å². The van der Waals surface area contributed by atoms with Crippen LogP contribution in [0.1, 0.15) is 22.6 Å². The van der Waals surface area contributed by atoms with Gasteiger partial charge in [0.15, 0.2) is 0 Å². The van der Waals surface area contributed by atoms with Gasteiger partial charge in [-0.15, -0.1) is 0 Å². The fraction of sp³-hybridized carbons (Fsp3) is 0.333. The van der Waals surface area contributed by atoms with E-state index in [1.165, 1.54) is 26.2 Å². The molecule has 0 amide bonds. The number of halogens is 3. The van der Waals surface area contributed by atoms with E-state index in [0.717, 1.165) is 20.7 Å². The molecule has 2 aromatic carbocycles. The largest absolute Gasteiger partial charge is 0.493 e. The molecule has 9 nitrogen and oxygen atoms in total. The Morgan fingerprint density at radius 2 is 1.70 bits per heavy atom. The Balaban J connectivity index is 1.59. The van der Waals surface area contributed by atoms with Crippen LogP contribution in [0.3, 0.4) is 0 Å². The fourth-order valence-electron chi connectivity index (χ4n) is 3.35. The molecule has 37 heavy (non-hydrogen) atoms. The Morgan fingerprint density at radius 1 is 1.08 bits per heavy atom. The summed E-state index contributed by atoms with van der Waals surface area (Å²) in [6.07, 6.45) is -4.04. The summed E-state index contributed by atoms with van der Waals surface area (Å²) in [5, 5.41) is 9.07. The number of hydrogen-bond donors (Lipinski definition) is 1. The molecule has 0 saturated heterocycles. The monoisotopic (exact) mass is 541 g/mol. The first-order chi connectivity index (χ1) is 17.3. The van der Waals surface area contributed by atoms with E-state index in [2.05, 4.69) is 4.98 Å². The van der Waals surface area contributed by atoms with Crippen LogP contribution in [0.5, 0.6) is 5.75 Å². The number of rotatable bonds is 11. The van der Waals surface area contributed by atoms with Gasteiger partial charge in [0.1, 0.15) is 18.1 Å². The van der Waals surface area contributed by atoms with Gasteiger partial charge in [-0.3, -0.25) is 4.79 Å². The minimum atomic E-state index is -4.42. The average molecular weight is 542 g/mol. The van der Waals surface area contributed by atoms with E-state index >= 15 is 0 Å². The van der Waals surface area contributed by atoms with Crippen molar-refractivity contribution in [2.75, 3.05) is 27.2 Å². The topological polar surface area (TPSA) is 113 Å². The maximum Gasteiger partial charge on any atom is 0.416 e. The molecular formula is C24H26F3N3O6S. The second-order valence-electron chi connectivity index (χ2n) is 8.29. The third-order valence-electron chi connectivity index (χ3n) is 5.34. The molecule has 3 aromatic rings. The first kappa shape index (κ1) is 28.2. The molecule has 0 aliphatic rings. The molecule has 13 heteroatoms. The normalized spacial score (nSPS) is 12.3. The van der Waals surface area contributed by atoms with Gasteiger partial charge in [0.05, 0.1) is 17.9 Å². The number of benzene rings is 2. The molecule has 0 bridgehead atoms. The minimum Gasteiger partial charge on any atom is -0.493 e. The van der Waals surface area contributed by atoms with Crippen molar-refractivity contribution in [1.29, 1.82) is 0 Å². The van der Waals surface area contributed by atoms with E-state index in [4.69, 9.17) is 14.3 Å². The molecule has 3 rings (SSSR count). The van der Waals surface area contributed by atoms with Crippen LogP contribution in [-0.2, 0) is 34.1 Å². The second kappa shape index (κ2) is 11.3. The molecule has 0 aliphatic carbocycles. The van der Waals surface area contributed by atoms with Gasteiger partial charge < -0.3 is 14.3 Å². The highest BCUT2D eigenvalue weighted by molar-refractivity contribution is 7.86. The second-order valence-corrected chi connectivity index (χ2v) is 10.4. The molecule has 0 spiro atoms. The van der Waals surface area contributed by atoms with Crippen molar-refractivity contribution in [3.05, 3.63) is 71.1 Å². The standard InChI is InChI=1S/C24H26F3N3O6S/c1-16-21(28-23(36-16)18-6-8-19(9-7-18)24(25,26)27)12-13-35-20-10-4-17(5-11-20)14-30(15-22(31)32)37(33,34)29(2)3/h4-11H,12-15H2,1-3H3,(H,31,32). The molecule has 200 valence electrons. The van der Waals surface area contributed by atoms with Gasteiger partial charge in [0, 0.05) is 32.6 Å². The van der Waals surface area contributed by atoms with Crippen LogP contribution in [0, 0.1) is 6.92 Å². The zero-order chi connectivity index (χ0) is 27.4. The van der Waals surface area contributed by atoms with Crippen LogP contribution < -0.4 is 4.74 Å². The molecule has 1 aromatic heterocycles. The van der Waals surface area contributed by atoms with E-state index in [-0.39, 0.29) is 19.0 Å². The lowest BCUT2D eigenvalue weighted by Crippen LogP contribution is -2.42. The third-order valence-corrected chi connectivity index (χ3v) is 7.17. The maximum atomic E-state index is 12.8. The molecular weight excluding hydrogens is 515 g/mol. The number of carboxylic acids is 1. The molecule has 0 unspecified atom stereocenters. The van der Waals surface area contributed by atoms with Gasteiger partial charge in [-0.1, -0.05) is 12.1 Å². The summed E-state index contributed by atoms with van der Waals surface area (Å²) in [7, 11) is -1.28. The summed E-state index contributed by atoms with van der Waals surface area (Å²) in [4.78, 5) is 15.5. The van der Waals surface area contributed by atoms with Crippen molar-refractivity contribution in [1.82, 2.24) is 13.6 Å². The van der Waals surface area contributed by atoms with Crippen molar-refractivity contribution in [2.24, 2.45) is 0 Å². The van der Waals surface area contributed by atoms with E-state index < -0.39 is 34.5 Å². The molecule has 0 radical (unpaired) electrons. The smallest absolute Gasteiger partial charge is 0.416 e. The zero-order valence-corrected chi connectivity index (χ0v) is 21.1. The predicted molar refractivity (Wildman–Crippen MR) is 128 cm³/mol. The maximum absolute atomic E-state index is 12.8. The molecule has 1 heterocycles. The SMILES string of the molecule is Cc1oc(-c2ccc(C(F)(F)F)cc2)nc1CCOc1ccc(CN(CC(=O)O)S(=O)(=O)N(C)C)cc1. The Labute approximate surface area is 212 Å². The van der Waals surface area contributed by atoms with E-state index in [0.29, 0.717) is 34.8 Å². The highest BCUT2D eigenvalue weighted by Crippen LogP contribution is 2.31. The van der Waals surface area contributed by atoms with Crippen LogP contribution in [0.2, 0.25) is 0 Å². The lowest BCUT2D eigenvalue weighted by Gasteiger charge is -2.24. The summed E-state index contributed by atoms with van der Waals surface area (Å²) in [6, 6.07) is 11.1. The van der Waals surface area contributed by atoms with Gasteiger partial charge in [0.2, 0.25) is 5.89 Å². The highest BCUT2D eigenvalue weighted by Gasteiger charge is 2.30. The fourth-order valence-corrected chi connectivity index (χ4v) is 4.39. The van der Waals surface area contributed by atoms with E-state index in [9.17, 15) is 26.4 Å². The van der Waals surface area contributed by atoms with E-state index in [1.54, 1.807) is 31.2 Å². The summed E-state index contributed by atoms with van der Waals surface area (Å²) in [5.74, 6) is -0.0262. The number of aryl methyl sites for hydroxylation is 1. The summed E-state index contributed by atoms with van der Waals surface area (Å²) in [6.45, 7) is 1.14. The highest BCUT2D eigenvalue weighted by atomic mass is 32.2. The van der Waals surface area contributed by atoms with Gasteiger partial charge in [-0.2, -0.15) is 30.2 Å².